The van der Waals surface area contributed by atoms with Gasteiger partial charge in [-0.3, -0.25) is 0 Å². The van der Waals surface area contributed by atoms with E-state index in [1.807, 2.05) is 18.4 Å². The van der Waals surface area contributed by atoms with E-state index in [1.165, 1.54) is 11.3 Å². The zero-order valence-electron chi connectivity index (χ0n) is 10.9. The van der Waals surface area contributed by atoms with Crippen LogP contribution in [0.3, 0.4) is 0 Å². The van der Waals surface area contributed by atoms with E-state index in [4.69, 9.17) is 9.47 Å². The van der Waals surface area contributed by atoms with Crippen LogP contribution < -0.4 is 4.74 Å². The molecule has 0 saturated heterocycles. The van der Waals surface area contributed by atoms with Crippen molar-refractivity contribution in [3.63, 3.8) is 0 Å². The Morgan fingerprint density at radius 3 is 2.79 bits per heavy atom. The van der Waals surface area contributed by atoms with Crippen molar-refractivity contribution in [1.29, 1.82) is 0 Å². The van der Waals surface area contributed by atoms with Crippen molar-refractivity contribution in [2.75, 3.05) is 13.2 Å². The van der Waals surface area contributed by atoms with E-state index in [0.29, 0.717) is 24.5 Å². The van der Waals surface area contributed by atoms with Crippen LogP contribution in [0.25, 0.3) is 10.6 Å². The molecule has 0 atom stereocenters. The number of rotatable bonds is 5. The minimum absolute atomic E-state index is 0.339. The fourth-order valence-electron chi connectivity index (χ4n) is 1.67. The smallest absolute Gasteiger partial charge is 0.338 e. The van der Waals surface area contributed by atoms with E-state index in [2.05, 4.69) is 4.98 Å². The van der Waals surface area contributed by atoms with Crippen LogP contribution in [0.2, 0.25) is 0 Å². The number of aromatic nitrogens is 1. The number of hydrogen-bond donors (Lipinski definition) is 0. The zero-order valence-corrected chi connectivity index (χ0v) is 11.7. The summed E-state index contributed by atoms with van der Waals surface area (Å²) in [5, 5.41) is 2.78. The number of ether oxygens (including phenoxy) is 2. The molecule has 0 aliphatic heterocycles. The standard InChI is InChI=1S/C14H15NO3S/c1-3-17-12-9-10(14(16)18-4-2)5-6-11(12)13-15-7-8-19-13/h5-9H,3-4H2,1-2H3. The van der Waals surface area contributed by atoms with Gasteiger partial charge in [-0.1, -0.05) is 0 Å². The normalized spacial score (nSPS) is 10.2. The molecule has 1 heterocycles. The summed E-state index contributed by atoms with van der Waals surface area (Å²) >= 11 is 1.53. The molecular weight excluding hydrogens is 262 g/mol. The number of esters is 1. The van der Waals surface area contributed by atoms with E-state index >= 15 is 0 Å². The molecular formula is C14H15NO3S. The van der Waals surface area contributed by atoms with E-state index in [0.717, 1.165) is 10.6 Å². The zero-order chi connectivity index (χ0) is 13.7. The quantitative estimate of drug-likeness (QED) is 0.786. The first-order chi connectivity index (χ1) is 9.26. The molecule has 4 nitrogen and oxygen atoms in total. The average Bonchev–Trinajstić information content (AvgIpc) is 2.93. The van der Waals surface area contributed by atoms with Crippen molar-refractivity contribution in [3.05, 3.63) is 35.3 Å². The van der Waals surface area contributed by atoms with E-state index in [-0.39, 0.29) is 5.97 Å². The van der Waals surface area contributed by atoms with Gasteiger partial charge in [0.15, 0.2) is 0 Å². The Hall–Kier alpha value is -1.88. The lowest BCUT2D eigenvalue weighted by molar-refractivity contribution is 0.0526. The van der Waals surface area contributed by atoms with Crippen molar-refractivity contribution in [2.24, 2.45) is 0 Å². The van der Waals surface area contributed by atoms with Crippen LogP contribution in [0, 0.1) is 0 Å². The third-order valence-electron chi connectivity index (χ3n) is 2.46. The molecule has 19 heavy (non-hydrogen) atoms. The molecule has 0 aliphatic rings. The first-order valence-corrected chi connectivity index (χ1v) is 6.98. The van der Waals surface area contributed by atoms with Crippen molar-refractivity contribution >= 4 is 17.3 Å². The third-order valence-corrected chi connectivity index (χ3v) is 3.26. The number of carbonyl (C=O) groups is 1. The molecule has 5 heteroatoms. The Kier molecular flexibility index (Phi) is 4.52. The Morgan fingerprint density at radius 1 is 1.32 bits per heavy atom. The lowest BCUT2D eigenvalue weighted by atomic mass is 10.1. The monoisotopic (exact) mass is 277 g/mol. The topological polar surface area (TPSA) is 48.4 Å². The number of thiazole rings is 1. The lowest BCUT2D eigenvalue weighted by Crippen LogP contribution is -2.05. The summed E-state index contributed by atoms with van der Waals surface area (Å²) in [6, 6.07) is 5.28. The SMILES string of the molecule is CCOC(=O)c1ccc(-c2nccs2)c(OCC)c1. The fraction of sp³-hybridized carbons (Fsp3) is 0.286. The molecule has 0 bridgehead atoms. The fourth-order valence-corrected chi connectivity index (χ4v) is 2.34. The number of carbonyl (C=O) groups excluding carboxylic acids is 1. The summed E-state index contributed by atoms with van der Waals surface area (Å²) in [6.07, 6.45) is 1.75. The molecule has 0 amide bonds. The number of benzene rings is 1. The van der Waals surface area contributed by atoms with Crippen LogP contribution in [0.4, 0.5) is 0 Å². The van der Waals surface area contributed by atoms with E-state index < -0.39 is 0 Å². The van der Waals surface area contributed by atoms with Crippen molar-refractivity contribution in [2.45, 2.75) is 13.8 Å². The van der Waals surface area contributed by atoms with Crippen LogP contribution in [-0.4, -0.2) is 24.2 Å². The first-order valence-electron chi connectivity index (χ1n) is 6.10. The molecule has 1 aromatic carbocycles. The average molecular weight is 277 g/mol. The van der Waals surface area contributed by atoms with E-state index in [9.17, 15) is 4.79 Å². The molecule has 0 fully saturated rings. The van der Waals surface area contributed by atoms with Gasteiger partial charge < -0.3 is 9.47 Å². The highest BCUT2D eigenvalue weighted by Gasteiger charge is 2.13. The maximum absolute atomic E-state index is 11.7. The molecule has 0 spiro atoms. The Labute approximate surface area is 116 Å². The van der Waals surface area contributed by atoms with Crippen molar-refractivity contribution < 1.29 is 14.3 Å². The van der Waals surface area contributed by atoms with Crippen LogP contribution in [0.5, 0.6) is 5.75 Å². The molecule has 100 valence electrons. The summed E-state index contributed by atoms with van der Waals surface area (Å²) in [5.74, 6) is 0.317. The summed E-state index contributed by atoms with van der Waals surface area (Å²) < 4.78 is 10.6. The minimum atomic E-state index is -0.339. The summed E-state index contributed by atoms with van der Waals surface area (Å²) in [5.41, 5.74) is 1.38. The molecule has 0 radical (unpaired) electrons. The Balaban J connectivity index is 2.38. The van der Waals surface area contributed by atoms with Gasteiger partial charge in [0.05, 0.1) is 24.3 Å². The molecule has 0 unspecified atom stereocenters. The summed E-state index contributed by atoms with van der Waals surface area (Å²) in [6.45, 7) is 4.58. The van der Waals surface area contributed by atoms with Crippen LogP contribution in [0.15, 0.2) is 29.8 Å². The molecule has 0 saturated carbocycles. The predicted molar refractivity (Wildman–Crippen MR) is 74.7 cm³/mol. The van der Waals surface area contributed by atoms with Gasteiger partial charge in [-0.05, 0) is 32.0 Å². The van der Waals surface area contributed by atoms with Gasteiger partial charge >= 0.3 is 5.97 Å². The molecule has 0 N–H and O–H groups in total. The van der Waals surface area contributed by atoms with Crippen LogP contribution in [-0.2, 0) is 4.74 Å². The first kappa shape index (κ1) is 13.5. The molecule has 0 aliphatic carbocycles. The highest BCUT2D eigenvalue weighted by molar-refractivity contribution is 7.13. The van der Waals surface area contributed by atoms with Gasteiger partial charge in [-0.15, -0.1) is 11.3 Å². The third kappa shape index (κ3) is 3.12. The highest BCUT2D eigenvalue weighted by atomic mass is 32.1. The van der Waals surface area contributed by atoms with Gasteiger partial charge in [0, 0.05) is 11.6 Å². The second-order valence-corrected chi connectivity index (χ2v) is 4.60. The summed E-state index contributed by atoms with van der Waals surface area (Å²) in [4.78, 5) is 16.0. The Morgan fingerprint density at radius 2 is 2.16 bits per heavy atom. The number of hydrogen-bond acceptors (Lipinski definition) is 5. The van der Waals surface area contributed by atoms with Gasteiger partial charge in [-0.2, -0.15) is 0 Å². The van der Waals surface area contributed by atoms with E-state index in [1.54, 1.807) is 25.3 Å². The van der Waals surface area contributed by atoms with Crippen molar-refractivity contribution in [1.82, 2.24) is 4.98 Å². The highest BCUT2D eigenvalue weighted by Crippen LogP contribution is 2.32. The predicted octanol–water partition coefficient (Wildman–Crippen LogP) is 3.39. The molecule has 2 rings (SSSR count). The number of nitrogens with zero attached hydrogens (tertiary/aromatic N) is 1. The second-order valence-electron chi connectivity index (χ2n) is 3.70. The second kappa shape index (κ2) is 6.33. The van der Waals surface area contributed by atoms with Gasteiger partial charge in [0.25, 0.3) is 0 Å². The van der Waals surface area contributed by atoms with Gasteiger partial charge in [0.1, 0.15) is 10.8 Å². The largest absolute Gasteiger partial charge is 0.493 e. The van der Waals surface area contributed by atoms with Gasteiger partial charge in [0.2, 0.25) is 0 Å². The minimum Gasteiger partial charge on any atom is -0.493 e. The summed E-state index contributed by atoms with van der Waals surface area (Å²) in [7, 11) is 0. The molecule has 1 aromatic heterocycles. The maximum Gasteiger partial charge on any atom is 0.338 e. The van der Waals surface area contributed by atoms with Crippen LogP contribution in [0.1, 0.15) is 24.2 Å². The van der Waals surface area contributed by atoms with Crippen LogP contribution >= 0.6 is 11.3 Å². The Bertz CT molecular complexity index is 552. The van der Waals surface area contributed by atoms with Gasteiger partial charge in [-0.25, -0.2) is 9.78 Å². The molecule has 2 aromatic rings. The lowest BCUT2D eigenvalue weighted by Gasteiger charge is -2.10. The maximum atomic E-state index is 11.7. The van der Waals surface area contributed by atoms with Crippen molar-refractivity contribution in [3.8, 4) is 16.3 Å².